The Bertz CT molecular complexity index is 587. The number of aliphatic hydroxyl groups is 1. The fraction of sp³-hybridized carbons (Fsp3) is 0.333. The van der Waals surface area contributed by atoms with Gasteiger partial charge in [0.05, 0.1) is 23.4 Å². The van der Waals surface area contributed by atoms with E-state index in [2.05, 4.69) is 15.5 Å². The highest BCUT2D eigenvalue weighted by Gasteiger charge is 2.29. The summed E-state index contributed by atoms with van der Waals surface area (Å²) in [5.74, 6) is -0.242. The standard InChI is InChI=1S/C15H19N3O2/c1-10-13(11(2)18-17-10)14(20)16-15(3,9-19)12-7-5-4-6-8-12/h4-8,19H,9H2,1-3H3,(H,16,20)(H,17,18). The van der Waals surface area contributed by atoms with Crippen molar-refractivity contribution in [2.45, 2.75) is 26.3 Å². The molecule has 0 aliphatic heterocycles. The van der Waals surface area contributed by atoms with E-state index in [1.807, 2.05) is 30.3 Å². The molecule has 1 atom stereocenters. The molecular formula is C15H19N3O2. The third kappa shape index (κ3) is 2.58. The number of carbonyl (C=O) groups excluding carboxylic acids is 1. The van der Waals surface area contributed by atoms with E-state index in [-0.39, 0.29) is 12.5 Å². The van der Waals surface area contributed by atoms with Crippen molar-refractivity contribution in [1.29, 1.82) is 0 Å². The lowest BCUT2D eigenvalue weighted by molar-refractivity contribution is 0.0848. The van der Waals surface area contributed by atoms with Crippen LogP contribution < -0.4 is 5.32 Å². The molecule has 20 heavy (non-hydrogen) atoms. The van der Waals surface area contributed by atoms with E-state index in [9.17, 15) is 9.90 Å². The predicted octanol–water partition coefficient (Wildman–Crippen LogP) is 1.66. The van der Waals surface area contributed by atoms with Gasteiger partial charge in [0.1, 0.15) is 0 Å². The minimum absolute atomic E-state index is 0.182. The normalized spacial score (nSPS) is 13.8. The quantitative estimate of drug-likeness (QED) is 0.793. The van der Waals surface area contributed by atoms with Gasteiger partial charge in [0.2, 0.25) is 0 Å². The number of aryl methyl sites for hydroxylation is 2. The Labute approximate surface area is 118 Å². The van der Waals surface area contributed by atoms with Crippen molar-refractivity contribution in [3.8, 4) is 0 Å². The summed E-state index contributed by atoms with van der Waals surface area (Å²) in [4.78, 5) is 12.4. The summed E-state index contributed by atoms with van der Waals surface area (Å²) in [5.41, 5.74) is 1.92. The van der Waals surface area contributed by atoms with Crippen LogP contribution in [0.2, 0.25) is 0 Å². The zero-order valence-electron chi connectivity index (χ0n) is 11.9. The van der Waals surface area contributed by atoms with E-state index in [1.165, 1.54) is 0 Å². The summed E-state index contributed by atoms with van der Waals surface area (Å²) in [5, 5.41) is 19.4. The first-order chi connectivity index (χ1) is 9.48. The van der Waals surface area contributed by atoms with Gasteiger partial charge in [-0.25, -0.2) is 0 Å². The Morgan fingerprint density at radius 3 is 2.50 bits per heavy atom. The number of hydrogen-bond donors (Lipinski definition) is 3. The molecule has 0 aliphatic rings. The number of benzene rings is 1. The van der Waals surface area contributed by atoms with Gasteiger partial charge in [-0.1, -0.05) is 30.3 Å². The molecule has 0 saturated heterocycles. The predicted molar refractivity (Wildman–Crippen MR) is 76.4 cm³/mol. The van der Waals surface area contributed by atoms with Crippen molar-refractivity contribution < 1.29 is 9.90 Å². The van der Waals surface area contributed by atoms with Crippen molar-refractivity contribution in [2.75, 3.05) is 6.61 Å². The number of aromatic nitrogens is 2. The Hall–Kier alpha value is -2.14. The SMILES string of the molecule is Cc1n[nH]c(C)c1C(=O)NC(C)(CO)c1ccccc1. The molecule has 2 rings (SSSR count). The summed E-state index contributed by atoms with van der Waals surface area (Å²) in [7, 11) is 0. The number of amides is 1. The second kappa shape index (κ2) is 5.46. The Balaban J connectivity index is 2.29. The summed E-state index contributed by atoms with van der Waals surface area (Å²) in [6.45, 7) is 5.19. The van der Waals surface area contributed by atoms with E-state index in [0.29, 0.717) is 17.0 Å². The summed E-state index contributed by atoms with van der Waals surface area (Å²) in [6, 6.07) is 9.41. The van der Waals surface area contributed by atoms with Crippen LogP contribution >= 0.6 is 0 Å². The monoisotopic (exact) mass is 273 g/mol. The van der Waals surface area contributed by atoms with E-state index in [4.69, 9.17) is 0 Å². The Kier molecular flexibility index (Phi) is 3.90. The van der Waals surface area contributed by atoms with E-state index < -0.39 is 5.54 Å². The number of aliphatic hydroxyl groups excluding tert-OH is 1. The molecule has 1 heterocycles. The molecule has 1 aromatic heterocycles. The van der Waals surface area contributed by atoms with Crippen LogP contribution in [0.4, 0.5) is 0 Å². The van der Waals surface area contributed by atoms with Gasteiger partial charge in [0.25, 0.3) is 5.91 Å². The highest BCUT2D eigenvalue weighted by molar-refractivity contribution is 5.96. The van der Waals surface area contributed by atoms with Gasteiger partial charge >= 0.3 is 0 Å². The molecule has 1 amide bonds. The number of nitrogens with zero attached hydrogens (tertiary/aromatic N) is 1. The van der Waals surface area contributed by atoms with Crippen molar-refractivity contribution in [3.63, 3.8) is 0 Å². The largest absolute Gasteiger partial charge is 0.394 e. The number of hydrogen-bond acceptors (Lipinski definition) is 3. The average Bonchev–Trinajstić information content (AvgIpc) is 2.79. The van der Waals surface area contributed by atoms with Gasteiger partial charge in [0, 0.05) is 5.69 Å². The smallest absolute Gasteiger partial charge is 0.255 e. The highest BCUT2D eigenvalue weighted by Crippen LogP contribution is 2.21. The Morgan fingerprint density at radius 2 is 2.00 bits per heavy atom. The average molecular weight is 273 g/mol. The van der Waals surface area contributed by atoms with Crippen LogP contribution in [0, 0.1) is 13.8 Å². The highest BCUT2D eigenvalue weighted by atomic mass is 16.3. The summed E-state index contributed by atoms with van der Waals surface area (Å²) in [6.07, 6.45) is 0. The second-order valence-electron chi connectivity index (χ2n) is 5.12. The molecule has 5 heteroatoms. The molecule has 0 fully saturated rings. The molecule has 106 valence electrons. The minimum atomic E-state index is -0.825. The van der Waals surface area contributed by atoms with E-state index in [0.717, 1.165) is 5.56 Å². The molecule has 0 bridgehead atoms. The molecule has 0 spiro atoms. The van der Waals surface area contributed by atoms with Crippen molar-refractivity contribution in [1.82, 2.24) is 15.5 Å². The molecule has 0 radical (unpaired) electrons. The van der Waals surface area contributed by atoms with Gasteiger partial charge in [0.15, 0.2) is 0 Å². The summed E-state index contributed by atoms with van der Waals surface area (Å²) < 4.78 is 0. The van der Waals surface area contributed by atoms with Crippen molar-refractivity contribution in [3.05, 3.63) is 52.8 Å². The van der Waals surface area contributed by atoms with Crippen molar-refractivity contribution >= 4 is 5.91 Å². The van der Waals surface area contributed by atoms with Crippen LogP contribution in [-0.4, -0.2) is 27.8 Å². The fourth-order valence-electron chi connectivity index (χ4n) is 2.21. The van der Waals surface area contributed by atoms with Crippen LogP contribution in [0.25, 0.3) is 0 Å². The maximum atomic E-state index is 12.4. The van der Waals surface area contributed by atoms with E-state index >= 15 is 0 Å². The number of aromatic amines is 1. The molecule has 0 saturated carbocycles. The Morgan fingerprint density at radius 1 is 1.35 bits per heavy atom. The van der Waals surface area contributed by atoms with Crippen LogP contribution in [0.5, 0.6) is 0 Å². The second-order valence-corrected chi connectivity index (χ2v) is 5.12. The van der Waals surface area contributed by atoms with Crippen LogP contribution in [0.1, 0.15) is 34.2 Å². The molecule has 2 aromatic rings. The van der Waals surface area contributed by atoms with Gasteiger partial charge in [-0.2, -0.15) is 5.10 Å². The topological polar surface area (TPSA) is 78.0 Å². The first-order valence-electron chi connectivity index (χ1n) is 6.48. The van der Waals surface area contributed by atoms with Gasteiger partial charge in [-0.3, -0.25) is 9.89 Å². The number of H-pyrrole nitrogens is 1. The molecule has 1 aromatic carbocycles. The van der Waals surface area contributed by atoms with Gasteiger partial charge in [-0.15, -0.1) is 0 Å². The van der Waals surface area contributed by atoms with Crippen LogP contribution in [0.15, 0.2) is 30.3 Å². The molecule has 0 aliphatic carbocycles. The number of rotatable bonds is 4. The van der Waals surface area contributed by atoms with Crippen molar-refractivity contribution in [2.24, 2.45) is 0 Å². The fourth-order valence-corrected chi connectivity index (χ4v) is 2.21. The maximum absolute atomic E-state index is 12.4. The number of nitrogens with one attached hydrogen (secondary N) is 2. The number of carbonyl (C=O) groups is 1. The summed E-state index contributed by atoms with van der Waals surface area (Å²) >= 11 is 0. The van der Waals surface area contributed by atoms with Gasteiger partial charge < -0.3 is 10.4 Å². The minimum Gasteiger partial charge on any atom is -0.394 e. The van der Waals surface area contributed by atoms with Gasteiger partial charge in [-0.05, 0) is 26.3 Å². The lowest BCUT2D eigenvalue weighted by Gasteiger charge is -2.29. The van der Waals surface area contributed by atoms with E-state index in [1.54, 1.807) is 20.8 Å². The first kappa shape index (κ1) is 14.3. The molecule has 5 nitrogen and oxygen atoms in total. The zero-order chi connectivity index (χ0) is 14.8. The first-order valence-corrected chi connectivity index (χ1v) is 6.48. The molecular weight excluding hydrogens is 254 g/mol. The third-order valence-electron chi connectivity index (χ3n) is 3.47. The maximum Gasteiger partial charge on any atom is 0.255 e. The third-order valence-corrected chi connectivity index (χ3v) is 3.47. The lowest BCUT2D eigenvalue weighted by Crippen LogP contribution is -2.46. The van der Waals surface area contributed by atoms with Crippen LogP contribution in [-0.2, 0) is 5.54 Å². The lowest BCUT2D eigenvalue weighted by atomic mass is 9.92. The molecule has 1 unspecified atom stereocenters. The molecule has 3 N–H and O–H groups in total. The zero-order valence-corrected chi connectivity index (χ0v) is 11.9. The van der Waals surface area contributed by atoms with Crippen LogP contribution in [0.3, 0.4) is 0 Å².